The molecular weight excluding hydrogens is 169 g/mol. The Bertz CT molecular complexity index is 262. The fourth-order valence-electron chi connectivity index (χ4n) is 1.07. The summed E-state index contributed by atoms with van der Waals surface area (Å²) in [5.41, 5.74) is 2.67. The van der Waals surface area contributed by atoms with Gasteiger partial charge in [0.05, 0.1) is 0 Å². The van der Waals surface area contributed by atoms with Crippen molar-refractivity contribution in [3.8, 4) is 0 Å². The second-order valence-corrected chi connectivity index (χ2v) is 2.16. The maximum atomic E-state index is 2.93. The minimum absolute atomic E-state index is 0. The topological polar surface area (TPSA) is 35.0 Å². The van der Waals surface area contributed by atoms with Crippen LogP contribution in [0.3, 0.4) is 0 Å². The zero-order valence-corrected chi connectivity index (χ0v) is 8.30. The first-order chi connectivity index (χ1) is 5.47. The van der Waals surface area contributed by atoms with Crippen molar-refractivity contribution in [1.82, 2.24) is 6.15 Å². The molecule has 0 saturated carbocycles. The van der Waals surface area contributed by atoms with Gasteiger partial charge in [0, 0.05) is 9.84 Å². The fourth-order valence-corrected chi connectivity index (χ4v) is 1.07. The van der Waals surface area contributed by atoms with E-state index in [4.69, 9.17) is 0 Å². The monoisotopic (exact) mass is 191 g/mol. The Balaban J connectivity index is -0.0000000959. The zero-order valence-electron chi connectivity index (χ0n) is 8.30. The number of hydrogen-bond acceptors (Lipinski definition) is 1. The second kappa shape index (κ2) is 9.89. The van der Waals surface area contributed by atoms with Crippen molar-refractivity contribution < 1.29 is 1.43 Å². The Hall–Kier alpha value is -1.20. The van der Waals surface area contributed by atoms with E-state index in [-0.39, 0.29) is 23.4 Å². The average molecular weight is 191 g/mol. The van der Waals surface area contributed by atoms with Crippen LogP contribution in [-0.4, -0.2) is 8.41 Å². The number of hydrogen-bond donors (Lipinski definition) is 1. The van der Waals surface area contributed by atoms with E-state index in [1.807, 2.05) is 26.0 Å². The van der Waals surface area contributed by atoms with Crippen molar-refractivity contribution >= 4 is 14.5 Å². The number of allylic oxidation sites excluding steroid dienone is 1. The molecule has 14 heavy (non-hydrogen) atoms. The summed E-state index contributed by atoms with van der Waals surface area (Å²) >= 11 is 0. The molecule has 0 atom stereocenters. The molecule has 1 aliphatic carbocycles. The van der Waals surface area contributed by atoms with E-state index in [0.717, 1.165) is 6.42 Å². The summed E-state index contributed by atoms with van der Waals surface area (Å²) in [6, 6.07) is 9.81. The molecular formula is C12H21BN. The van der Waals surface area contributed by atoms with Crippen LogP contribution in [0.4, 0.5) is 0 Å². The maximum absolute atomic E-state index is 2.93. The molecule has 0 heterocycles. The fraction of sp³-hybridized carbons (Fsp3) is 0.333. The van der Waals surface area contributed by atoms with E-state index in [2.05, 4.69) is 24.3 Å². The largest absolute Gasteiger partial charge is 0.344 e. The van der Waals surface area contributed by atoms with E-state index in [0.29, 0.717) is 0 Å². The van der Waals surface area contributed by atoms with Crippen molar-refractivity contribution in [1.29, 1.82) is 0 Å². The molecule has 3 N–H and O–H groups in total. The molecule has 3 radical (unpaired) electrons. The summed E-state index contributed by atoms with van der Waals surface area (Å²) in [6.45, 7) is 4.00. The summed E-state index contributed by atoms with van der Waals surface area (Å²) in [5.74, 6) is 0. The molecule has 1 nitrogen and oxygen atoms in total. The van der Waals surface area contributed by atoms with Gasteiger partial charge >= 0.3 is 0 Å². The van der Waals surface area contributed by atoms with Gasteiger partial charge in [-0.05, 0) is 29.7 Å². The number of rotatable bonds is 0. The van der Waals surface area contributed by atoms with Gasteiger partial charge in [-0.25, -0.2) is 0 Å². The molecule has 1 aromatic carbocycles. The van der Waals surface area contributed by atoms with Crippen LogP contribution in [0.15, 0.2) is 18.2 Å². The van der Waals surface area contributed by atoms with Crippen LogP contribution in [-0.2, 0) is 6.42 Å². The minimum atomic E-state index is 0. The quantitative estimate of drug-likeness (QED) is 0.625. The predicted octanol–water partition coefficient (Wildman–Crippen LogP) is 3.55. The SMILES string of the molecule is C.CC.N.[2HH].[B].c1cc2c(cc#1)CC=C2. The first-order valence-electron chi connectivity index (χ1n) is 4.04. The van der Waals surface area contributed by atoms with E-state index < -0.39 is 0 Å². The molecule has 0 fully saturated rings. The van der Waals surface area contributed by atoms with Gasteiger partial charge < -0.3 is 6.15 Å². The standard InChI is InChI=1S/C9H6.C2H6.CH4.B.H3N.H2/c1-2-5-9-7-3-6-8(9)4-1;1-2;;;;/h3-6H,7H2;1-2H3;1H4;;1H3;1H/i;;;;;1+1. The van der Waals surface area contributed by atoms with Crippen LogP contribution < -0.4 is 6.15 Å². The van der Waals surface area contributed by atoms with Crippen molar-refractivity contribution in [2.45, 2.75) is 27.7 Å². The Morgan fingerprint density at radius 2 is 1.79 bits per heavy atom. The van der Waals surface area contributed by atoms with Gasteiger partial charge in [0.25, 0.3) is 0 Å². The lowest BCUT2D eigenvalue weighted by Crippen LogP contribution is -1.75. The van der Waals surface area contributed by atoms with Crippen molar-refractivity contribution in [2.24, 2.45) is 0 Å². The molecule has 0 aromatic heterocycles. The lowest BCUT2D eigenvalue weighted by molar-refractivity contribution is 1.32. The van der Waals surface area contributed by atoms with Gasteiger partial charge in [-0.15, -0.1) is 0 Å². The summed E-state index contributed by atoms with van der Waals surface area (Å²) in [4.78, 5) is 0. The van der Waals surface area contributed by atoms with E-state index in [1.165, 1.54) is 11.1 Å². The Morgan fingerprint density at radius 1 is 1.21 bits per heavy atom. The minimum Gasteiger partial charge on any atom is -0.344 e. The highest BCUT2D eigenvalue weighted by molar-refractivity contribution is 5.75. The smallest absolute Gasteiger partial charge is 0 e. The molecule has 2 heteroatoms. The van der Waals surface area contributed by atoms with Crippen molar-refractivity contribution in [2.75, 3.05) is 0 Å². The molecule has 0 bridgehead atoms. The van der Waals surface area contributed by atoms with E-state index in [1.54, 1.807) is 0 Å². The highest BCUT2D eigenvalue weighted by Gasteiger charge is 2.00. The molecule has 1 aromatic rings. The molecule has 0 aliphatic heterocycles. The van der Waals surface area contributed by atoms with Crippen LogP contribution in [0.2, 0.25) is 0 Å². The third kappa shape index (κ3) is 4.16. The Kier molecular flexibility index (Phi) is 13.1. The zero-order chi connectivity index (χ0) is 8.10. The average Bonchev–Trinajstić information content (AvgIpc) is 2.55. The lowest BCUT2D eigenvalue weighted by atomic mass is 10.1. The molecule has 0 unspecified atom stereocenters. The van der Waals surface area contributed by atoms with Gasteiger partial charge in [-0.2, -0.15) is 0 Å². The van der Waals surface area contributed by atoms with Gasteiger partial charge in [-0.1, -0.05) is 45.6 Å². The van der Waals surface area contributed by atoms with Gasteiger partial charge in [0.1, 0.15) is 0 Å². The van der Waals surface area contributed by atoms with Crippen LogP contribution in [0.25, 0.3) is 6.08 Å². The van der Waals surface area contributed by atoms with Crippen LogP contribution in [0.1, 0.15) is 33.8 Å². The van der Waals surface area contributed by atoms with Crippen LogP contribution >= 0.6 is 0 Å². The Labute approximate surface area is 91.9 Å². The lowest BCUT2D eigenvalue weighted by Gasteiger charge is -1.89. The van der Waals surface area contributed by atoms with Crippen molar-refractivity contribution in [3.63, 3.8) is 0 Å². The van der Waals surface area contributed by atoms with Crippen LogP contribution in [0.5, 0.6) is 0 Å². The summed E-state index contributed by atoms with van der Waals surface area (Å²) in [6.07, 6.45) is 5.35. The molecule has 1 aliphatic rings. The third-order valence-corrected chi connectivity index (χ3v) is 1.56. The normalized spacial score (nSPS) is 8.71. The summed E-state index contributed by atoms with van der Waals surface area (Å²) in [5, 5.41) is 0. The first kappa shape index (κ1) is 18.6. The highest BCUT2D eigenvalue weighted by Crippen LogP contribution is 2.15. The Morgan fingerprint density at radius 3 is 2.36 bits per heavy atom. The predicted molar refractivity (Wildman–Crippen MR) is 67.8 cm³/mol. The van der Waals surface area contributed by atoms with Gasteiger partial charge in [0.2, 0.25) is 0 Å². The van der Waals surface area contributed by atoms with Crippen molar-refractivity contribution in [3.05, 3.63) is 41.5 Å². The van der Waals surface area contributed by atoms with E-state index in [9.17, 15) is 0 Å². The second-order valence-electron chi connectivity index (χ2n) is 2.16. The first-order valence-corrected chi connectivity index (χ1v) is 4.04. The van der Waals surface area contributed by atoms with Gasteiger partial charge in [-0.3, -0.25) is 0 Å². The molecule has 0 saturated heterocycles. The third-order valence-electron chi connectivity index (χ3n) is 1.56. The summed E-state index contributed by atoms with van der Waals surface area (Å²) in [7, 11) is 0. The van der Waals surface area contributed by atoms with Gasteiger partial charge in [0.15, 0.2) is 0 Å². The van der Waals surface area contributed by atoms with E-state index >= 15 is 0 Å². The molecule has 0 amide bonds. The molecule has 77 valence electrons. The highest BCUT2D eigenvalue weighted by atomic mass is 14.0. The van der Waals surface area contributed by atoms with Crippen LogP contribution in [0, 0.1) is 12.1 Å². The molecule has 0 spiro atoms. The molecule has 2 rings (SSSR count). The number of fused-ring (bicyclic) bond motifs is 1. The summed E-state index contributed by atoms with van der Waals surface area (Å²) < 4.78 is 0. The maximum Gasteiger partial charge on any atom is 0 e.